The highest BCUT2D eigenvalue weighted by Crippen LogP contribution is 2.46. The van der Waals surface area contributed by atoms with Gasteiger partial charge in [0.25, 0.3) is 0 Å². The molecular formula is C18H13N3O4S. The van der Waals surface area contributed by atoms with Crippen LogP contribution in [-0.4, -0.2) is 25.4 Å². The van der Waals surface area contributed by atoms with Crippen LogP contribution in [0.4, 0.5) is 5.69 Å². The molecule has 0 N–H and O–H groups in total. The summed E-state index contributed by atoms with van der Waals surface area (Å²) in [6.07, 6.45) is 1.16. The zero-order valence-corrected chi connectivity index (χ0v) is 14.5. The molecule has 0 saturated heterocycles. The SMILES string of the molecule is CN1/C(=C(\C#N)C(=O)COC(=O)c2cccc[n+]2[O-])Sc2ccccc21. The molecule has 1 aliphatic rings. The number of carbonyl (C=O) groups excluding carboxylic acids is 2. The van der Waals surface area contributed by atoms with Gasteiger partial charge in [0, 0.05) is 24.1 Å². The number of thioether (sulfide) groups is 1. The molecule has 1 aromatic carbocycles. The first-order chi connectivity index (χ1) is 12.5. The van der Waals surface area contributed by atoms with Gasteiger partial charge in [-0.1, -0.05) is 23.9 Å². The molecule has 8 heteroatoms. The lowest BCUT2D eigenvalue weighted by atomic mass is 10.2. The van der Waals surface area contributed by atoms with E-state index in [0.717, 1.165) is 16.8 Å². The minimum absolute atomic E-state index is 0.0930. The summed E-state index contributed by atoms with van der Waals surface area (Å²) in [5.74, 6) is -1.55. The number of ether oxygens (including phenoxy) is 1. The van der Waals surface area contributed by atoms with Gasteiger partial charge in [0.15, 0.2) is 12.8 Å². The van der Waals surface area contributed by atoms with Crippen molar-refractivity contribution in [2.24, 2.45) is 0 Å². The maximum atomic E-state index is 12.4. The number of nitrogens with zero attached hydrogens (tertiary/aromatic N) is 3. The Hall–Kier alpha value is -3.31. The average Bonchev–Trinajstić information content (AvgIpc) is 2.98. The Kier molecular flexibility index (Phi) is 4.91. The van der Waals surface area contributed by atoms with Crippen molar-refractivity contribution in [3.8, 4) is 6.07 Å². The van der Waals surface area contributed by atoms with E-state index in [4.69, 9.17) is 4.74 Å². The third-order valence-electron chi connectivity index (χ3n) is 3.71. The number of nitriles is 1. The third kappa shape index (κ3) is 3.25. The minimum Gasteiger partial charge on any atom is -0.618 e. The summed E-state index contributed by atoms with van der Waals surface area (Å²) in [6, 6.07) is 13.7. The topological polar surface area (TPSA) is 97.3 Å². The molecule has 0 radical (unpaired) electrons. The second-order valence-electron chi connectivity index (χ2n) is 5.33. The molecule has 1 aliphatic heterocycles. The van der Waals surface area contributed by atoms with Crippen molar-refractivity contribution in [2.75, 3.05) is 18.6 Å². The number of pyridine rings is 1. The molecule has 7 nitrogen and oxygen atoms in total. The molecule has 0 amide bonds. The van der Waals surface area contributed by atoms with Gasteiger partial charge < -0.3 is 14.8 Å². The average molecular weight is 367 g/mol. The molecule has 130 valence electrons. The van der Waals surface area contributed by atoms with Crippen molar-refractivity contribution in [1.82, 2.24) is 0 Å². The molecule has 26 heavy (non-hydrogen) atoms. The normalized spacial score (nSPS) is 14.4. The zero-order chi connectivity index (χ0) is 18.7. The van der Waals surface area contributed by atoms with Crippen molar-refractivity contribution in [1.29, 1.82) is 5.26 Å². The molecule has 0 saturated carbocycles. The van der Waals surface area contributed by atoms with Crippen LogP contribution in [0.1, 0.15) is 10.5 Å². The highest BCUT2D eigenvalue weighted by atomic mass is 32.2. The van der Waals surface area contributed by atoms with E-state index in [1.54, 1.807) is 11.9 Å². The molecule has 1 aromatic heterocycles. The fourth-order valence-corrected chi connectivity index (χ4v) is 3.58. The summed E-state index contributed by atoms with van der Waals surface area (Å²) in [5.41, 5.74) is 0.567. The van der Waals surface area contributed by atoms with E-state index in [9.17, 15) is 20.1 Å². The van der Waals surface area contributed by atoms with Crippen LogP contribution in [0.5, 0.6) is 0 Å². The standard InChI is InChI=1S/C18H13N3O4S/c1-20-13-6-2-3-8-16(13)26-17(20)12(10-19)15(22)11-25-18(23)14-7-4-5-9-21(14)24/h2-9H,11H2,1H3/b17-12-. The smallest absolute Gasteiger partial charge is 0.405 e. The molecule has 0 unspecified atom stereocenters. The van der Waals surface area contributed by atoms with E-state index in [0.29, 0.717) is 9.76 Å². The van der Waals surface area contributed by atoms with Gasteiger partial charge in [-0.3, -0.25) is 4.79 Å². The van der Waals surface area contributed by atoms with Gasteiger partial charge in [-0.2, -0.15) is 9.99 Å². The third-order valence-corrected chi connectivity index (χ3v) is 4.95. The van der Waals surface area contributed by atoms with Gasteiger partial charge in [0.1, 0.15) is 16.7 Å². The van der Waals surface area contributed by atoms with Gasteiger partial charge in [-0.15, -0.1) is 0 Å². The Balaban J connectivity index is 1.76. The second kappa shape index (κ2) is 7.29. The van der Waals surface area contributed by atoms with E-state index in [-0.39, 0.29) is 11.3 Å². The van der Waals surface area contributed by atoms with Crippen LogP contribution in [0.15, 0.2) is 64.2 Å². The van der Waals surface area contributed by atoms with Crippen LogP contribution >= 0.6 is 11.8 Å². The van der Waals surface area contributed by atoms with Gasteiger partial charge in [0.05, 0.1) is 5.69 Å². The van der Waals surface area contributed by atoms with Gasteiger partial charge in [-0.25, -0.2) is 4.79 Å². The number of esters is 1. The molecule has 0 fully saturated rings. The Morgan fingerprint density at radius 2 is 2.00 bits per heavy atom. The fraction of sp³-hybridized carbons (Fsp3) is 0.111. The molecule has 2 heterocycles. The minimum atomic E-state index is -0.924. The molecule has 0 spiro atoms. The number of carbonyl (C=O) groups is 2. The van der Waals surface area contributed by atoms with Crippen LogP contribution in [0.3, 0.4) is 0 Å². The lowest BCUT2D eigenvalue weighted by Gasteiger charge is -2.14. The Morgan fingerprint density at radius 1 is 1.27 bits per heavy atom. The number of ketones is 1. The van der Waals surface area contributed by atoms with Crippen molar-refractivity contribution >= 4 is 29.2 Å². The number of para-hydroxylation sites is 1. The monoisotopic (exact) mass is 367 g/mol. The summed E-state index contributed by atoms with van der Waals surface area (Å²) in [4.78, 5) is 27.0. The van der Waals surface area contributed by atoms with Crippen LogP contribution in [-0.2, 0) is 9.53 Å². The number of hydrogen-bond donors (Lipinski definition) is 0. The summed E-state index contributed by atoms with van der Waals surface area (Å²) < 4.78 is 5.26. The highest BCUT2D eigenvalue weighted by molar-refractivity contribution is 8.03. The van der Waals surface area contributed by atoms with E-state index >= 15 is 0 Å². The molecular weight excluding hydrogens is 354 g/mol. The quantitative estimate of drug-likeness (QED) is 0.268. The second-order valence-corrected chi connectivity index (χ2v) is 6.36. The van der Waals surface area contributed by atoms with E-state index in [1.165, 1.54) is 30.0 Å². The molecule has 3 rings (SSSR count). The van der Waals surface area contributed by atoms with Gasteiger partial charge >= 0.3 is 11.7 Å². The predicted octanol–water partition coefficient (Wildman–Crippen LogP) is 2.02. The Bertz CT molecular complexity index is 965. The van der Waals surface area contributed by atoms with E-state index in [1.807, 2.05) is 30.3 Å². The Labute approximate surface area is 153 Å². The van der Waals surface area contributed by atoms with Gasteiger partial charge in [0.2, 0.25) is 5.78 Å². The first kappa shape index (κ1) is 17.5. The number of aromatic nitrogens is 1. The summed E-state index contributed by atoms with van der Waals surface area (Å²) >= 11 is 1.31. The highest BCUT2D eigenvalue weighted by Gasteiger charge is 2.28. The van der Waals surface area contributed by atoms with Crippen molar-refractivity contribution in [3.05, 3.63) is 70.2 Å². The summed E-state index contributed by atoms with van der Waals surface area (Å²) in [7, 11) is 1.76. The number of anilines is 1. The fourth-order valence-electron chi connectivity index (χ4n) is 2.41. The van der Waals surface area contributed by atoms with Gasteiger partial charge in [-0.05, 0) is 18.2 Å². The zero-order valence-electron chi connectivity index (χ0n) is 13.7. The van der Waals surface area contributed by atoms with E-state index in [2.05, 4.69) is 0 Å². The maximum absolute atomic E-state index is 12.4. The van der Waals surface area contributed by atoms with Crippen molar-refractivity contribution in [2.45, 2.75) is 4.90 Å². The number of rotatable bonds is 4. The van der Waals surface area contributed by atoms with Crippen molar-refractivity contribution in [3.63, 3.8) is 0 Å². The largest absolute Gasteiger partial charge is 0.618 e. The number of Topliss-reactive ketones (excluding diaryl/α,β-unsaturated/α-hetero) is 1. The van der Waals surface area contributed by atoms with E-state index < -0.39 is 18.4 Å². The molecule has 0 bridgehead atoms. The molecule has 2 aromatic rings. The van der Waals surface area contributed by atoms with Crippen LogP contribution in [0, 0.1) is 16.5 Å². The van der Waals surface area contributed by atoms with Crippen LogP contribution < -0.4 is 9.63 Å². The maximum Gasteiger partial charge on any atom is 0.405 e. The molecule has 0 aliphatic carbocycles. The lowest BCUT2D eigenvalue weighted by molar-refractivity contribution is -0.608. The van der Waals surface area contributed by atoms with Crippen LogP contribution in [0.25, 0.3) is 0 Å². The number of benzene rings is 1. The Morgan fingerprint density at radius 3 is 2.69 bits per heavy atom. The lowest BCUT2D eigenvalue weighted by Crippen LogP contribution is -2.35. The summed E-state index contributed by atoms with van der Waals surface area (Å²) in [6.45, 7) is -0.620. The van der Waals surface area contributed by atoms with Crippen LogP contribution in [0.2, 0.25) is 0 Å². The number of hydrogen-bond acceptors (Lipinski definition) is 7. The van der Waals surface area contributed by atoms with Crippen molar-refractivity contribution < 1.29 is 19.1 Å². The first-order valence-corrected chi connectivity index (χ1v) is 8.38. The number of fused-ring (bicyclic) bond motifs is 1. The molecule has 0 atom stereocenters. The summed E-state index contributed by atoms with van der Waals surface area (Å²) in [5, 5.41) is 21.4. The predicted molar refractivity (Wildman–Crippen MR) is 94.0 cm³/mol. The first-order valence-electron chi connectivity index (χ1n) is 7.56.